The van der Waals surface area contributed by atoms with Gasteiger partial charge in [-0.25, -0.2) is 0 Å². The molecule has 0 saturated carbocycles. The van der Waals surface area contributed by atoms with Gasteiger partial charge in [0.2, 0.25) is 0 Å². The third-order valence-electron chi connectivity index (χ3n) is 1.79. The van der Waals surface area contributed by atoms with Crippen molar-refractivity contribution in [3.8, 4) is 0 Å². The molecule has 1 radical (unpaired) electrons. The Morgan fingerprint density at radius 1 is 0.632 bits per heavy atom. The smallest absolute Gasteiger partial charge is 0.579 e. The molecule has 0 bridgehead atoms. The SMILES string of the molecule is Cc1ccn[n-]1.Cc1ccn[n-]1.Cc1ccn[n-]1.[Ru+3]. The zero-order chi connectivity index (χ0) is 13.2. The van der Waals surface area contributed by atoms with E-state index in [4.69, 9.17) is 0 Å². The van der Waals surface area contributed by atoms with Crippen LogP contribution in [0.5, 0.6) is 0 Å². The Hall–Kier alpha value is -1.75. The summed E-state index contributed by atoms with van der Waals surface area (Å²) in [5.41, 5.74) is 2.94. The van der Waals surface area contributed by atoms with E-state index in [0.29, 0.717) is 0 Å². The molecule has 0 aliphatic heterocycles. The summed E-state index contributed by atoms with van der Waals surface area (Å²) in [6, 6.07) is 5.58. The molecule has 0 amide bonds. The predicted molar refractivity (Wildman–Crippen MR) is 66.9 cm³/mol. The zero-order valence-corrected chi connectivity index (χ0v) is 12.7. The maximum Gasteiger partial charge on any atom is 3.00 e. The van der Waals surface area contributed by atoms with Gasteiger partial charge in [-0.3, -0.25) is 0 Å². The van der Waals surface area contributed by atoms with E-state index >= 15 is 0 Å². The average molecular weight is 344 g/mol. The van der Waals surface area contributed by atoms with Gasteiger partial charge in [-0.1, -0.05) is 39.0 Å². The normalized spacial score (nSPS) is 8.37. The molecule has 3 aromatic rings. The van der Waals surface area contributed by atoms with Gasteiger partial charge in [-0.2, -0.15) is 0 Å². The summed E-state index contributed by atoms with van der Waals surface area (Å²) >= 11 is 0. The molecule has 3 aromatic heterocycles. The van der Waals surface area contributed by atoms with Crippen LogP contribution >= 0.6 is 0 Å². The van der Waals surface area contributed by atoms with Gasteiger partial charge >= 0.3 is 19.5 Å². The van der Waals surface area contributed by atoms with Crippen LogP contribution in [0.1, 0.15) is 17.1 Å². The Bertz CT molecular complexity index is 410. The fourth-order valence-corrected chi connectivity index (χ4v) is 0.897. The molecule has 0 spiro atoms. The monoisotopic (exact) mass is 345 g/mol. The van der Waals surface area contributed by atoms with Crippen molar-refractivity contribution in [2.24, 2.45) is 0 Å². The van der Waals surface area contributed by atoms with Crippen molar-refractivity contribution in [3.63, 3.8) is 0 Å². The fourth-order valence-electron chi connectivity index (χ4n) is 0.897. The summed E-state index contributed by atoms with van der Waals surface area (Å²) in [6.07, 6.45) is 5.03. The van der Waals surface area contributed by atoms with Crippen LogP contribution in [0.2, 0.25) is 0 Å². The number of aromatic nitrogens is 6. The van der Waals surface area contributed by atoms with Crippen LogP contribution in [0.3, 0.4) is 0 Å². The van der Waals surface area contributed by atoms with Crippen molar-refractivity contribution in [3.05, 3.63) is 53.9 Å². The minimum absolute atomic E-state index is 0. The van der Waals surface area contributed by atoms with E-state index in [0.717, 1.165) is 17.1 Å². The van der Waals surface area contributed by atoms with Crippen LogP contribution in [0.25, 0.3) is 0 Å². The molecule has 3 heterocycles. The molecule has 3 rings (SSSR count). The maximum absolute atomic E-state index is 3.67. The minimum Gasteiger partial charge on any atom is -0.579 e. The van der Waals surface area contributed by atoms with Crippen LogP contribution in [0, 0.1) is 20.8 Å². The number of aryl methyl sites for hydroxylation is 3. The number of rotatable bonds is 0. The van der Waals surface area contributed by atoms with Crippen LogP contribution in [0.15, 0.2) is 36.8 Å². The van der Waals surface area contributed by atoms with Crippen LogP contribution in [-0.2, 0) is 19.5 Å². The summed E-state index contributed by atoms with van der Waals surface area (Å²) in [5, 5.41) is 21.7. The van der Waals surface area contributed by atoms with E-state index in [1.807, 2.05) is 39.0 Å². The second-order valence-electron chi connectivity index (χ2n) is 3.52. The van der Waals surface area contributed by atoms with E-state index in [9.17, 15) is 0 Å². The largest absolute Gasteiger partial charge is 3.00 e. The molecule has 7 heteroatoms. The van der Waals surface area contributed by atoms with Crippen molar-refractivity contribution in [1.82, 2.24) is 30.6 Å². The maximum atomic E-state index is 3.67. The van der Waals surface area contributed by atoms with Crippen molar-refractivity contribution in [2.45, 2.75) is 20.8 Å². The first-order chi connectivity index (χ1) is 8.68. The molecule has 6 nitrogen and oxygen atoms in total. The molecule has 0 aliphatic rings. The van der Waals surface area contributed by atoms with Crippen LogP contribution in [0.4, 0.5) is 0 Å². The molecule has 0 aliphatic carbocycles. The Labute approximate surface area is 125 Å². The van der Waals surface area contributed by atoms with E-state index in [1.165, 1.54) is 0 Å². The van der Waals surface area contributed by atoms with Gasteiger partial charge in [0.15, 0.2) is 0 Å². The van der Waals surface area contributed by atoms with Gasteiger partial charge in [0.1, 0.15) is 0 Å². The van der Waals surface area contributed by atoms with Crippen LogP contribution in [-0.4, -0.2) is 15.3 Å². The van der Waals surface area contributed by atoms with E-state index < -0.39 is 0 Å². The number of nitrogens with zero attached hydrogens (tertiary/aromatic N) is 6. The summed E-state index contributed by atoms with van der Waals surface area (Å²) in [6.45, 7) is 5.73. The van der Waals surface area contributed by atoms with Crippen molar-refractivity contribution < 1.29 is 19.5 Å². The van der Waals surface area contributed by atoms with E-state index in [-0.39, 0.29) is 19.5 Å². The zero-order valence-electron chi connectivity index (χ0n) is 11.0. The molecular formula is C12H15N6Ru. The second-order valence-corrected chi connectivity index (χ2v) is 3.52. The molecule has 101 valence electrons. The topological polar surface area (TPSA) is 81.0 Å². The minimum atomic E-state index is 0. The van der Waals surface area contributed by atoms with Crippen molar-refractivity contribution >= 4 is 0 Å². The summed E-state index contributed by atoms with van der Waals surface area (Å²) in [7, 11) is 0. The van der Waals surface area contributed by atoms with Gasteiger partial charge in [0.25, 0.3) is 0 Å². The first kappa shape index (κ1) is 17.3. The molecule has 0 saturated heterocycles. The number of hydrogen-bond acceptors (Lipinski definition) is 3. The average Bonchev–Trinajstić information content (AvgIpc) is 3.05. The van der Waals surface area contributed by atoms with Gasteiger partial charge in [0, 0.05) is 18.6 Å². The Morgan fingerprint density at radius 3 is 0.947 bits per heavy atom. The molecular weight excluding hydrogens is 329 g/mol. The second kappa shape index (κ2) is 10.2. The van der Waals surface area contributed by atoms with E-state index in [2.05, 4.69) is 30.6 Å². The molecule has 0 N–H and O–H groups in total. The third kappa shape index (κ3) is 8.91. The Kier molecular flexibility index (Phi) is 9.26. The molecule has 0 atom stereocenters. The quantitative estimate of drug-likeness (QED) is 0.567. The first-order valence-electron chi connectivity index (χ1n) is 5.41. The standard InChI is InChI=1S/3C4H5N2.Ru/c3*1-4-2-3-5-6-4;/h3*2-3H,1H3;/q3*-1;+3. The summed E-state index contributed by atoms with van der Waals surface area (Å²) < 4.78 is 0. The molecule has 0 unspecified atom stereocenters. The van der Waals surface area contributed by atoms with Gasteiger partial charge in [-0.05, 0) is 0 Å². The van der Waals surface area contributed by atoms with Gasteiger partial charge in [0.05, 0.1) is 0 Å². The summed E-state index contributed by atoms with van der Waals surface area (Å²) in [5.74, 6) is 0. The first-order valence-corrected chi connectivity index (χ1v) is 5.41. The molecule has 0 aromatic carbocycles. The number of hydrogen-bond donors (Lipinski definition) is 0. The molecule has 19 heavy (non-hydrogen) atoms. The van der Waals surface area contributed by atoms with Gasteiger partial charge in [-0.15, -0.1) is 17.1 Å². The summed E-state index contributed by atoms with van der Waals surface area (Å²) in [4.78, 5) is 0. The van der Waals surface area contributed by atoms with E-state index in [1.54, 1.807) is 18.6 Å². The molecule has 0 fully saturated rings. The van der Waals surface area contributed by atoms with Crippen molar-refractivity contribution in [1.29, 1.82) is 0 Å². The third-order valence-corrected chi connectivity index (χ3v) is 1.79. The fraction of sp³-hybridized carbons (Fsp3) is 0.250. The Morgan fingerprint density at radius 2 is 0.895 bits per heavy atom. The predicted octanol–water partition coefficient (Wildman–Crippen LogP) is 1.04. The van der Waals surface area contributed by atoms with Crippen molar-refractivity contribution in [2.75, 3.05) is 0 Å². The van der Waals surface area contributed by atoms with Gasteiger partial charge < -0.3 is 30.6 Å². The Balaban J connectivity index is 0.000000249. The van der Waals surface area contributed by atoms with Crippen LogP contribution < -0.4 is 15.3 Å².